The smallest absolute Gasteiger partial charge is 0.226 e. The lowest BCUT2D eigenvalue weighted by molar-refractivity contribution is -0.134. The molecule has 1 atom stereocenters. The van der Waals surface area contributed by atoms with Crippen molar-refractivity contribution in [2.45, 2.75) is 12.8 Å². The highest BCUT2D eigenvalue weighted by Crippen LogP contribution is 2.18. The first-order valence-electron chi connectivity index (χ1n) is 5.91. The van der Waals surface area contributed by atoms with Gasteiger partial charge in [0.15, 0.2) is 5.11 Å². The van der Waals surface area contributed by atoms with E-state index < -0.39 is 0 Å². The summed E-state index contributed by atoms with van der Waals surface area (Å²) in [5.41, 5.74) is 0. The Hall–Kier alpha value is -1.10. The molecule has 0 bridgehead atoms. The Morgan fingerprint density at radius 2 is 2.35 bits per heavy atom. The van der Waals surface area contributed by atoms with Crippen molar-refractivity contribution in [3.63, 3.8) is 0 Å². The molecule has 96 valence electrons. The number of carbonyl (C=O) groups is 1. The lowest BCUT2D eigenvalue weighted by Crippen LogP contribution is -2.48. The average molecular weight is 255 g/mol. The number of nitrogens with zero attached hydrogens (tertiary/aromatic N) is 2. The van der Waals surface area contributed by atoms with Crippen molar-refractivity contribution in [2.24, 2.45) is 5.92 Å². The second-order valence-electron chi connectivity index (χ2n) is 4.49. The largest absolute Gasteiger partial charge is 0.359 e. The molecular weight excluding hydrogens is 234 g/mol. The van der Waals surface area contributed by atoms with Crippen LogP contribution in [0.25, 0.3) is 0 Å². The predicted octanol–water partition coefficient (Wildman–Crippen LogP) is 0.847. The molecule has 0 aromatic heterocycles. The maximum atomic E-state index is 11.9. The summed E-state index contributed by atoms with van der Waals surface area (Å²) in [4.78, 5) is 15.6. The summed E-state index contributed by atoms with van der Waals surface area (Å²) in [5, 5.41) is 3.83. The van der Waals surface area contributed by atoms with Gasteiger partial charge >= 0.3 is 0 Å². The Kier molecular flexibility index (Phi) is 5.41. The number of hydrogen-bond donors (Lipinski definition) is 1. The van der Waals surface area contributed by atoms with Crippen LogP contribution >= 0.6 is 12.2 Å². The van der Waals surface area contributed by atoms with Gasteiger partial charge in [0.2, 0.25) is 5.91 Å². The lowest BCUT2D eigenvalue weighted by atomic mass is 9.97. The van der Waals surface area contributed by atoms with Gasteiger partial charge in [-0.05, 0) is 25.1 Å². The maximum absolute atomic E-state index is 11.9. The minimum atomic E-state index is 0.0715. The SMILES string of the molecule is C=CCNC(=S)N1CCC[C@@H](C(=O)N(C)C)C1. The van der Waals surface area contributed by atoms with Crippen molar-refractivity contribution in [3.8, 4) is 0 Å². The summed E-state index contributed by atoms with van der Waals surface area (Å²) < 4.78 is 0. The molecule has 0 aromatic carbocycles. The Labute approximate surface area is 109 Å². The molecule has 1 rings (SSSR count). The third kappa shape index (κ3) is 4.00. The number of carbonyl (C=O) groups excluding carboxylic acids is 1. The number of amides is 1. The van der Waals surface area contributed by atoms with Crippen molar-refractivity contribution in [1.29, 1.82) is 0 Å². The number of piperidine rings is 1. The van der Waals surface area contributed by atoms with Gasteiger partial charge in [0, 0.05) is 33.7 Å². The molecule has 0 radical (unpaired) electrons. The Morgan fingerprint density at radius 3 is 2.94 bits per heavy atom. The van der Waals surface area contributed by atoms with Crippen molar-refractivity contribution in [1.82, 2.24) is 15.1 Å². The quantitative estimate of drug-likeness (QED) is 0.599. The Morgan fingerprint density at radius 1 is 1.65 bits per heavy atom. The summed E-state index contributed by atoms with van der Waals surface area (Å²) in [6.07, 6.45) is 3.75. The first-order chi connectivity index (χ1) is 8.06. The van der Waals surface area contributed by atoms with E-state index in [1.54, 1.807) is 25.1 Å². The van der Waals surface area contributed by atoms with E-state index in [2.05, 4.69) is 16.8 Å². The molecule has 0 spiro atoms. The molecule has 1 amide bonds. The standard InChI is InChI=1S/C12H21N3OS/c1-4-7-13-12(17)15-8-5-6-10(9-15)11(16)14(2)3/h4,10H,1,5-9H2,2-3H3,(H,13,17)/t10-/m1/s1. The molecule has 0 unspecified atom stereocenters. The normalized spacial score (nSPS) is 19.6. The fraction of sp³-hybridized carbons (Fsp3) is 0.667. The first-order valence-corrected chi connectivity index (χ1v) is 6.32. The summed E-state index contributed by atoms with van der Waals surface area (Å²) in [7, 11) is 3.60. The van der Waals surface area contributed by atoms with Crippen molar-refractivity contribution >= 4 is 23.2 Å². The van der Waals surface area contributed by atoms with Crippen LogP contribution in [0.15, 0.2) is 12.7 Å². The molecule has 17 heavy (non-hydrogen) atoms. The van der Waals surface area contributed by atoms with Crippen LogP contribution in [0, 0.1) is 5.92 Å². The molecule has 4 nitrogen and oxygen atoms in total. The highest BCUT2D eigenvalue weighted by Gasteiger charge is 2.27. The van der Waals surface area contributed by atoms with Gasteiger partial charge in [-0.25, -0.2) is 0 Å². The van der Waals surface area contributed by atoms with Crippen LogP contribution in [-0.4, -0.2) is 54.5 Å². The number of likely N-dealkylation sites (tertiary alicyclic amines) is 1. The second kappa shape index (κ2) is 6.59. The molecule has 1 aliphatic heterocycles. The van der Waals surface area contributed by atoms with E-state index in [9.17, 15) is 4.79 Å². The van der Waals surface area contributed by atoms with Gasteiger partial charge in [-0.1, -0.05) is 6.08 Å². The fourth-order valence-electron chi connectivity index (χ4n) is 2.00. The summed E-state index contributed by atoms with van der Waals surface area (Å²) in [5.74, 6) is 0.267. The van der Waals surface area contributed by atoms with Gasteiger partial charge in [-0.2, -0.15) is 0 Å². The zero-order valence-electron chi connectivity index (χ0n) is 10.6. The van der Waals surface area contributed by atoms with E-state index in [-0.39, 0.29) is 11.8 Å². The number of rotatable bonds is 3. The molecule has 0 saturated carbocycles. The van der Waals surface area contributed by atoms with Crippen LogP contribution < -0.4 is 5.32 Å². The molecule has 0 aliphatic carbocycles. The van der Waals surface area contributed by atoms with E-state index in [4.69, 9.17) is 12.2 Å². The van der Waals surface area contributed by atoms with Gasteiger partial charge in [0.25, 0.3) is 0 Å². The average Bonchev–Trinajstić information content (AvgIpc) is 2.35. The monoisotopic (exact) mass is 255 g/mol. The van der Waals surface area contributed by atoms with Crippen LogP contribution in [0.4, 0.5) is 0 Å². The number of hydrogen-bond acceptors (Lipinski definition) is 2. The van der Waals surface area contributed by atoms with Gasteiger partial charge in [0.1, 0.15) is 0 Å². The third-order valence-corrected chi connectivity index (χ3v) is 3.30. The summed E-state index contributed by atoms with van der Waals surface area (Å²) in [6.45, 7) is 5.96. The summed E-state index contributed by atoms with van der Waals surface area (Å²) in [6, 6.07) is 0. The molecule has 1 N–H and O–H groups in total. The zero-order valence-corrected chi connectivity index (χ0v) is 11.4. The topological polar surface area (TPSA) is 35.6 Å². The Balaban J connectivity index is 2.51. The van der Waals surface area contributed by atoms with Crippen LogP contribution in [0.5, 0.6) is 0 Å². The number of nitrogens with one attached hydrogen (secondary N) is 1. The van der Waals surface area contributed by atoms with E-state index >= 15 is 0 Å². The highest BCUT2D eigenvalue weighted by molar-refractivity contribution is 7.80. The van der Waals surface area contributed by atoms with Crippen LogP contribution in [0.1, 0.15) is 12.8 Å². The van der Waals surface area contributed by atoms with Crippen LogP contribution in [0.2, 0.25) is 0 Å². The molecule has 1 fully saturated rings. The molecule has 0 aromatic rings. The van der Waals surface area contributed by atoms with Gasteiger partial charge in [-0.3, -0.25) is 4.79 Å². The van der Waals surface area contributed by atoms with E-state index in [1.165, 1.54) is 0 Å². The third-order valence-electron chi connectivity index (χ3n) is 2.90. The Bertz CT molecular complexity index is 304. The van der Waals surface area contributed by atoms with Crippen LogP contribution in [0.3, 0.4) is 0 Å². The molecule has 5 heteroatoms. The molecular formula is C12H21N3OS. The minimum Gasteiger partial charge on any atom is -0.359 e. The minimum absolute atomic E-state index is 0.0715. The second-order valence-corrected chi connectivity index (χ2v) is 4.88. The van der Waals surface area contributed by atoms with E-state index in [1.807, 2.05) is 0 Å². The van der Waals surface area contributed by atoms with Crippen molar-refractivity contribution in [2.75, 3.05) is 33.7 Å². The van der Waals surface area contributed by atoms with Gasteiger partial charge in [-0.15, -0.1) is 6.58 Å². The molecule has 1 saturated heterocycles. The summed E-state index contributed by atoms with van der Waals surface area (Å²) >= 11 is 5.29. The first kappa shape index (κ1) is 14.0. The van der Waals surface area contributed by atoms with E-state index in [0.29, 0.717) is 6.54 Å². The highest BCUT2D eigenvalue weighted by atomic mass is 32.1. The van der Waals surface area contributed by atoms with Crippen molar-refractivity contribution < 1.29 is 4.79 Å². The van der Waals surface area contributed by atoms with Crippen molar-refractivity contribution in [3.05, 3.63) is 12.7 Å². The number of thiocarbonyl (C=S) groups is 1. The van der Waals surface area contributed by atoms with Gasteiger partial charge < -0.3 is 15.1 Å². The van der Waals surface area contributed by atoms with Gasteiger partial charge in [0.05, 0.1) is 5.92 Å². The fourth-order valence-corrected chi connectivity index (χ4v) is 2.25. The van der Waals surface area contributed by atoms with Crippen LogP contribution in [-0.2, 0) is 4.79 Å². The lowest BCUT2D eigenvalue weighted by Gasteiger charge is -2.34. The zero-order chi connectivity index (χ0) is 12.8. The molecule has 1 aliphatic rings. The maximum Gasteiger partial charge on any atom is 0.226 e. The predicted molar refractivity (Wildman–Crippen MR) is 73.8 cm³/mol. The van der Waals surface area contributed by atoms with E-state index in [0.717, 1.165) is 31.0 Å². The molecule has 1 heterocycles.